The first-order valence-electron chi connectivity index (χ1n) is 1.08. The molecule has 0 amide bonds. The van der Waals surface area contributed by atoms with Gasteiger partial charge in [0, 0.05) is 5.66 Å². The van der Waals surface area contributed by atoms with Crippen LogP contribution in [-0.4, -0.2) is 13.0 Å². The van der Waals surface area contributed by atoms with Gasteiger partial charge in [-0.1, -0.05) is 6.58 Å². The van der Waals surface area contributed by atoms with Gasteiger partial charge in [0.1, 0.15) is 0 Å². The van der Waals surface area contributed by atoms with E-state index in [0.717, 1.165) is 0 Å². The van der Waals surface area contributed by atoms with Gasteiger partial charge in [-0.15, -0.1) is 0 Å². The minimum Gasteiger partial charge on any atom is -0.524 e. The van der Waals surface area contributed by atoms with E-state index >= 15 is 0 Å². The van der Waals surface area contributed by atoms with Crippen LogP contribution in [0.2, 0.25) is 0 Å². The van der Waals surface area contributed by atoms with Crippen LogP contribution in [0.15, 0.2) is 12.2 Å². The highest BCUT2D eigenvalue weighted by molar-refractivity contribution is 6.19. The zero-order chi connectivity index (χ0) is 3.58. The Hall–Kier alpha value is -0.395. The molecule has 1 nitrogen and oxygen atoms in total. The summed E-state index contributed by atoms with van der Waals surface area (Å²) in [7, 11) is 1.53. The minimum atomic E-state index is 0.167. The molecular weight excluding hydrogens is 50.8 g/mol. The van der Waals surface area contributed by atoms with E-state index in [-0.39, 0.29) is 5.66 Å². The average Bonchev–Trinajstić information content (AvgIpc) is 0.811. The van der Waals surface area contributed by atoms with Crippen LogP contribution in [0, 0.1) is 0 Å². The molecule has 0 radical (unpaired) electrons. The topological polar surface area (TPSA) is 20.2 Å². The van der Waals surface area contributed by atoms with Gasteiger partial charge in [0.15, 0.2) is 7.85 Å². The summed E-state index contributed by atoms with van der Waals surface area (Å²) in [5, 5.41) is 7.86. The average molecular weight is 55.9 g/mol. The fraction of sp³-hybridized carbons (Fsp3) is 0. The molecule has 0 aliphatic heterocycles. The summed E-state index contributed by atoms with van der Waals surface area (Å²) in [6, 6.07) is 0. The van der Waals surface area contributed by atoms with E-state index < -0.39 is 0 Å². The zero-order valence-corrected chi connectivity index (χ0v) is 2.65. The molecule has 0 rings (SSSR count). The Labute approximate surface area is 26.4 Å². The van der Waals surface area contributed by atoms with Crippen molar-refractivity contribution in [2.45, 2.75) is 0 Å². The number of hydrogen-bond donors (Lipinski definition) is 1. The first-order chi connectivity index (χ1) is 1.73. The molecule has 0 saturated heterocycles. The quantitative estimate of drug-likeness (QED) is 0.297. The molecule has 0 aromatic heterocycles. The lowest BCUT2D eigenvalue weighted by molar-refractivity contribution is 0.455. The van der Waals surface area contributed by atoms with E-state index in [9.17, 15) is 0 Å². The molecule has 0 fully saturated rings. The van der Waals surface area contributed by atoms with E-state index in [1.54, 1.807) is 0 Å². The molecule has 0 aromatic rings. The smallest absolute Gasteiger partial charge is 0.184 e. The van der Waals surface area contributed by atoms with Crippen LogP contribution in [0.3, 0.4) is 0 Å². The minimum absolute atomic E-state index is 0.167. The highest BCUT2D eigenvalue weighted by Crippen LogP contribution is 1.56. The van der Waals surface area contributed by atoms with E-state index in [1.807, 2.05) is 0 Å². The first kappa shape index (κ1) is 3.60. The van der Waals surface area contributed by atoms with Crippen molar-refractivity contribution in [2.75, 3.05) is 0 Å². The molecule has 0 unspecified atom stereocenters. The van der Waals surface area contributed by atoms with E-state index in [1.165, 1.54) is 7.85 Å². The summed E-state index contributed by atoms with van der Waals surface area (Å²) in [5.74, 6) is 0. The maximum absolute atomic E-state index is 7.86. The van der Waals surface area contributed by atoms with Crippen LogP contribution in [0.4, 0.5) is 0 Å². The Morgan fingerprint density at radius 1 is 2.00 bits per heavy atom. The van der Waals surface area contributed by atoms with E-state index in [2.05, 4.69) is 6.58 Å². The second-order valence-corrected chi connectivity index (χ2v) is 0.735. The van der Waals surface area contributed by atoms with Crippen molar-refractivity contribution < 1.29 is 5.11 Å². The van der Waals surface area contributed by atoms with Gasteiger partial charge < -0.3 is 5.11 Å². The van der Waals surface area contributed by atoms with Crippen molar-refractivity contribution in [3.05, 3.63) is 12.2 Å². The van der Waals surface area contributed by atoms with Gasteiger partial charge in [0.2, 0.25) is 0 Å². The van der Waals surface area contributed by atoms with E-state index in [4.69, 9.17) is 5.11 Å². The van der Waals surface area contributed by atoms with Crippen LogP contribution in [0.1, 0.15) is 0 Å². The Morgan fingerprint density at radius 3 is 2.00 bits per heavy atom. The molecule has 22 valence electrons. The number of rotatable bonds is 0. The lowest BCUT2D eigenvalue weighted by atomic mass is 10.1. The lowest BCUT2D eigenvalue weighted by Crippen LogP contribution is -1.65. The second kappa shape index (κ2) is 0.989. The van der Waals surface area contributed by atoms with Crippen molar-refractivity contribution >= 4 is 7.85 Å². The number of hydrogen-bond acceptors (Lipinski definition) is 1. The molecule has 0 aromatic carbocycles. The van der Waals surface area contributed by atoms with Gasteiger partial charge in [-0.3, -0.25) is 0 Å². The zero-order valence-electron chi connectivity index (χ0n) is 2.65. The third-order valence-corrected chi connectivity index (χ3v) is 0. The third-order valence-electron chi connectivity index (χ3n) is 0. The molecule has 4 heavy (non-hydrogen) atoms. The van der Waals surface area contributed by atoms with Crippen LogP contribution in [0.5, 0.6) is 0 Å². The maximum Gasteiger partial charge on any atom is 0.184 e. The summed E-state index contributed by atoms with van der Waals surface area (Å²) < 4.78 is 0. The van der Waals surface area contributed by atoms with Crippen LogP contribution >= 0.6 is 0 Å². The van der Waals surface area contributed by atoms with Gasteiger partial charge >= 0.3 is 0 Å². The maximum atomic E-state index is 7.86. The first-order valence-corrected chi connectivity index (χ1v) is 1.08. The Bertz CT molecular complexity index is 29.0. The molecule has 0 aliphatic rings. The predicted molar refractivity (Wildman–Crippen MR) is 20.3 cm³/mol. The van der Waals surface area contributed by atoms with Crippen molar-refractivity contribution in [1.29, 1.82) is 0 Å². The fourth-order valence-corrected chi connectivity index (χ4v) is 0. The summed E-state index contributed by atoms with van der Waals surface area (Å²) >= 11 is 0. The third kappa shape index (κ3) is 3.76. The Balaban J connectivity index is 2.80. The molecule has 2 heteroatoms. The van der Waals surface area contributed by atoms with Crippen molar-refractivity contribution in [3.63, 3.8) is 0 Å². The van der Waals surface area contributed by atoms with E-state index in [0.29, 0.717) is 0 Å². The predicted octanol–water partition coefficient (Wildman–Crippen LogP) is -0.351. The number of aliphatic hydroxyl groups is 1. The second-order valence-electron chi connectivity index (χ2n) is 0.735. The van der Waals surface area contributed by atoms with Gasteiger partial charge in [-0.05, 0) is 0 Å². The molecule has 1 N–H and O–H groups in total. The van der Waals surface area contributed by atoms with Gasteiger partial charge in [-0.25, -0.2) is 0 Å². The molecule has 0 spiro atoms. The molecule has 0 heterocycles. The summed E-state index contributed by atoms with van der Waals surface area (Å²) in [6.07, 6.45) is 0. The SMILES string of the molecule is BC(=C)O. The summed E-state index contributed by atoms with van der Waals surface area (Å²) in [4.78, 5) is 0. The fourth-order valence-electron chi connectivity index (χ4n) is 0. The lowest BCUT2D eigenvalue weighted by Gasteiger charge is -1.68. The van der Waals surface area contributed by atoms with Crippen molar-refractivity contribution in [1.82, 2.24) is 0 Å². The Kier molecular flexibility index (Phi) is 0.891. The monoisotopic (exact) mass is 56.0 g/mol. The molecule has 0 aliphatic carbocycles. The highest BCUT2D eigenvalue weighted by Gasteiger charge is 1.56. The normalized spacial score (nSPS) is 6.00. The number of aliphatic hydroxyl groups excluding tert-OH is 1. The van der Waals surface area contributed by atoms with Crippen LogP contribution < -0.4 is 0 Å². The standard InChI is InChI=1S/C2H5BO/c1-2(3)4/h4H,1,3H2. The van der Waals surface area contributed by atoms with Gasteiger partial charge in [0.25, 0.3) is 0 Å². The highest BCUT2D eigenvalue weighted by atomic mass is 16.3. The van der Waals surface area contributed by atoms with Crippen LogP contribution in [-0.2, 0) is 0 Å². The Morgan fingerprint density at radius 2 is 2.00 bits per heavy atom. The summed E-state index contributed by atoms with van der Waals surface area (Å²) in [5.41, 5.74) is 0.167. The van der Waals surface area contributed by atoms with Crippen molar-refractivity contribution in [3.8, 4) is 0 Å². The molecule has 0 atom stereocenters. The summed E-state index contributed by atoms with van der Waals surface area (Å²) in [6.45, 7) is 3.11. The molecular formula is C2H5BO. The molecule has 0 saturated carbocycles. The van der Waals surface area contributed by atoms with Crippen molar-refractivity contribution in [2.24, 2.45) is 0 Å². The van der Waals surface area contributed by atoms with Crippen LogP contribution in [0.25, 0.3) is 0 Å². The molecule has 0 bridgehead atoms. The largest absolute Gasteiger partial charge is 0.524 e. The van der Waals surface area contributed by atoms with Gasteiger partial charge in [0.05, 0.1) is 0 Å². The van der Waals surface area contributed by atoms with Gasteiger partial charge in [-0.2, -0.15) is 0 Å².